The smallest absolute Gasteiger partial charge is 0.307 e. The van der Waals surface area contributed by atoms with Crippen molar-refractivity contribution in [2.24, 2.45) is 0 Å². The van der Waals surface area contributed by atoms with Crippen LogP contribution in [0.25, 0.3) is 0 Å². The molecule has 3 aromatic rings. The number of hydrogen-bond donors (Lipinski definition) is 1. The number of halogens is 5. The Morgan fingerprint density at radius 1 is 1.00 bits per heavy atom. The fourth-order valence-electron chi connectivity index (χ4n) is 3.44. The van der Waals surface area contributed by atoms with E-state index in [1.807, 2.05) is 0 Å². The van der Waals surface area contributed by atoms with E-state index in [4.69, 9.17) is 23.2 Å². The lowest BCUT2D eigenvalue weighted by Gasteiger charge is -2.23. The summed E-state index contributed by atoms with van der Waals surface area (Å²) >= 11 is 11.8. The van der Waals surface area contributed by atoms with Crippen molar-refractivity contribution >= 4 is 46.6 Å². The van der Waals surface area contributed by atoms with Crippen LogP contribution in [0.2, 0.25) is 10.2 Å². The van der Waals surface area contributed by atoms with Crippen molar-refractivity contribution in [3.63, 3.8) is 0 Å². The molecule has 1 N–H and O–H groups in total. The SMILES string of the molecule is O=C(Nc1ccc(C(F)(F)F)cc1)N1CC(c2ccc(Cl)cc2)N(c2ccc(Cl)nc2)C1=O. The molecule has 4 amide bonds. The van der Waals surface area contributed by atoms with E-state index in [9.17, 15) is 22.8 Å². The van der Waals surface area contributed by atoms with Crippen molar-refractivity contribution < 1.29 is 22.8 Å². The maximum Gasteiger partial charge on any atom is 0.416 e. The van der Waals surface area contributed by atoms with E-state index in [1.165, 1.54) is 17.2 Å². The van der Waals surface area contributed by atoms with Crippen LogP contribution < -0.4 is 10.2 Å². The number of hydrogen-bond acceptors (Lipinski definition) is 3. The molecule has 6 nitrogen and oxygen atoms in total. The highest BCUT2D eigenvalue weighted by Gasteiger charge is 2.42. The second-order valence-corrected chi connectivity index (χ2v) is 8.00. The van der Waals surface area contributed by atoms with Gasteiger partial charge in [0.2, 0.25) is 0 Å². The first-order valence-electron chi connectivity index (χ1n) is 9.59. The molecule has 2 heterocycles. The molecule has 1 unspecified atom stereocenters. The first kappa shape index (κ1) is 22.9. The largest absolute Gasteiger partial charge is 0.416 e. The molecule has 0 bridgehead atoms. The number of urea groups is 2. The summed E-state index contributed by atoms with van der Waals surface area (Å²) in [6.45, 7) is -0.00440. The van der Waals surface area contributed by atoms with Gasteiger partial charge in [-0.3, -0.25) is 4.90 Å². The molecule has 0 radical (unpaired) electrons. The fourth-order valence-corrected chi connectivity index (χ4v) is 3.68. The Hall–Kier alpha value is -3.30. The second-order valence-electron chi connectivity index (χ2n) is 7.17. The fraction of sp³-hybridized carbons (Fsp3) is 0.136. The number of nitrogens with one attached hydrogen (secondary N) is 1. The van der Waals surface area contributed by atoms with Crippen LogP contribution in [0.15, 0.2) is 66.9 Å². The number of benzene rings is 2. The van der Waals surface area contributed by atoms with Crippen LogP contribution in [0.4, 0.5) is 34.1 Å². The van der Waals surface area contributed by atoms with Gasteiger partial charge in [0, 0.05) is 10.7 Å². The van der Waals surface area contributed by atoms with Crippen molar-refractivity contribution in [3.05, 3.63) is 88.2 Å². The molecule has 170 valence electrons. The number of alkyl halides is 3. The van der Waals surface area contributed by atoms with Crippen LogP contribution in [0.3, 0.4) is 0 Å². The number of nitrogens with zero attached hydrogens (tertiary/aromatic N) is 3. The molecule has 0 saturated carbocycles. The molecule has 11 heteroatoms. The quantitative estimate of drug-likeness (QED) is 0.416. The standard InChI is InChI=1S/C22H15Cl2F3N4O2/c23-15-5-1-13(2-6-15)18-12-30(21(33)31(18)17-9-10-19(24)28-11-17)20(32)29-16-7-3-14(4-8-16)22(25,26)27/h1-11,18H,12H2,(H,29,32). The third-order valence-electron chi connectivity index (χ3n) is 5.06. The number of amides is 4. The van der Waals surface area contributed by atoms with Crippen molar-refractivity contribution in [2.75, 3.05) is 16.8 Å². The molecule has 4 rings (SSSR count). The molecule has 0 spiro atoms. The van der Waals surface area contributed by atoms with Crippen LogP contribution in [0.1, 0.15) is 17.2 Å². The van der Waals surface area contributed by atoms with E-state index in [1.54, 1.807) is 30.3 Å². The summed E-state index contributed by atoms with van der Waals surface area (Å²) < 4.78 is 38.3. The topological polar surface area (TPSA) is 65.5 Å². The highest BCUT2D eigenvalue weighted by Crippen LogP contribution is 2.35. The van der Waals surface area contributed by atoms with E-state index in [2.05, 4.69) is 10.3 Å². The molecule has 1 aliphatic heterocycles. The molecule has 0 aliphatic carbocycles. The summed E-state index contributed by atoms with van der Waals surface area (Å²) in [5.74, 6) is 0. The Morgan fingerprint density at radius 2 is 1.67 bits per heavy atom. The third kappa shape index (κ3) is 4.89. The van der Waals surface area contributed by atoms with Crippen molar-refractivity contribution in [3.8, 4) is 0 Å². The average molecular weight is 495 g/mol. The average Bonchev–Trinajstić information content (AvgIpc) is 3.12. The van der Waals surface area contributed by atoms with Gasteiger partial charge in [-0.2, -0.15) is 13.2 Å². The van der Waals surface area contributed by atoms with E-state index < -0.39 is 29.8 Å². The highest BCUT2D eigenvalue weighted by atomic mass is 35.5. The first-order valence-corrected chi connectivity index (χ1v) is 10.3. The van der Waals surface area contributed by atoms with E-state index in [0.717, 1.165) is 34.7 Å². The summed E-state index contributed by atoms with van der Waals surface area (Å²) in [5.41, 5.74) is 0.430. The summed E-state index contributed by atoms with van der Waals surface area (Å²) in [4.78, 5) is 32.5. The Morgan fingerprint density at radius 3 is 2.24 bits per heavy atom. The molecular weight excluding hydrogens is 480 g/mol. The minimum atomic E-state index is -4.49. The number of carbonyl (C=O) groups is 2. The van der Waals surface area contributed by atoms with Crippen molar-refractivity contribution in [1.29, 1.82) is 0 Å². The van der Waals surface area contributed by atoms with Crippen molar-refractivity contribution in [2.45, 2.75) is 12.2 Å². The van der Waals surface area contributed by atoms with Crippen LogP contribution in [0.5, 0.6) is 0 Å². The number of pyridine rings is 1. The van der Waals surface area contributed by atoms with Crippen LogP contribution in [-0.4, -0.2) is 28.5 Å². The molecule has 2 aromatic carbocycles. The van der Waals surface area contributed by atoms with E-state index >= 15 is 0 Å². The minimum absolute atomic E-state index is 0.00440. The number of aromatic nitrogens is 1. The van der Waals surface area contributed by atoms with Gasteiger partial charge in [-0.25, -0.2) is 19.5 Å². The summed E-state index contributed by atoms with van der Waals surface area (Å²) in [5, 5.41) is 3.22. The molecule has 1 aliphatic rings. The minimum Gasteiger partial charge on any atom is -0.307 e. The van der Waals surface area contributed by atoms with Gasteiger partial charge in [-0.15, -0.1) is 0 Å². The third-order valence-corrected chi connectivity index (χ3v) is 5.53. The summed E-state index contributed by atoms with van der Waals surface area (Å²) in [6.07, 6.45) is -3.08. The maximum absolute atomic E-state index is 13.2. The Kier molecular flexibility index (Phi) is 6.18. The molecular formula is C22H15Cl2F3N4O2. The lowest BCUT2D eigenvalue weighted by atomic mass is 10.1. The Bertz CT molecular complexity index is 1170. The lowest BCUT2D eigenvalue weighted by molar-refractivity contribution is -0.137. The summed E-state index contributed by atoms with van der Waals surface area (Å²) in [6, 6.07) is 12.0. The van der Waals surface area contributed by atoms with Gasteiger partial charge in [0.25, 0.3) is 0 Å². The number of imide groups is 1. The van der Waals surface area contributed by atoms with Gasteiger partial charge in [0.15, 0.2) is 0 Å². The van der Waals surface area contributed by atoms with Gasteiger partial charge < -0.3 is 5.32 Å². The zero-order valence-corrected chi connectivity index (χ0v) is 18.2. The normalized spacial score (nSPS) is 16.3. The van der Waals surface area contributed by atoms with E-state index in [-0.39, 0.29) is 17.4 Å². The molecule has 1 fully saturated rings. The molecule has 1 saturated heterocycles. The van der Waals surface area contributed by atoms with Crippen LogP contribution >= 0.6 is 23.2 Å². The predicted octanol–water partition coefficient (Wildman–Crippen LogP) is 6.62. The first-order chi connectivity index (χ1) is 15.6. The molecule has 1 aromatic heterocycles. The number of anilines is 2. The Balaban J connectivity index is 1.60. The maximum atomic E-state index is 13.2. The van der Waals surface area contributed by atoms with Gasteiger partial charge in [-0.1, -0.05) is 35.3 Å². The number of rotatable bonds is 3. The zero-order chi connectivity index (χ0) is 23.8. The number of carbonyl (C=O) groups excluding carboxylic acids is 2. The van der Waals surface area contributed by atoms with Crippen molar-refractivity contribution in [1.82, 2.24) is 9.88 Å². The summed E-state index contributed by atoms with van der Waals surface area (Å²) in [7, 11) is 0. The predicted molar refractivity (Wildman–Crippen MR) is 118 cm³/mol. The Labute approximate surface area is 196 Å². The molecule has 33 heavy (non-hydrogen) atoms. The van der Waals surface area contributed by atoms with Gasteiger partial charge in [0.05, 0.1) is 30.0 Å². The monoisotopic (exact) mass is 494 g/mol. The van der Waals surface area contributed by atoms with Crippen LogP contribution in [0, 0.1) is 0 Å². The van der Waals surface area contributed by atoms with Gasteiger partial charge >= 0.3 is 18.2 Å². The van der Waals surface area contributed by atoms with E-state index in [0.29, 0.717) is 10.7 Å². The highest BCUT2D eigenvalue weighted by molar-refractivity contribution is 6.30. The second kappa shape index (κ2) is 8.92. The van der Waals surface area contributed by atoms with Gasteiger partial charge in [-0.05, 0) is 54.1 Å². The molecule has 1 atom stereocenters. The zero-order valence-electron chi connectivity index (χ0n) is 16.7. The lowest BCUT2D eigenvalue weighted by Crippen LogP contribution is -2.39. The van der Waals surface area contributed by atoms with Gasteiger partial charge in [0.1, 0.15) is 5.15 Å². The van der Waals surface area contributed by atoms with Crippen LogP contribution in [-0.2, 0) is 6.18 Å².